The first-order valence-electron chi connectivity index (χ1n) is 6.09. The van der Waals surface area contributed by atoms with Gasteiger partial charge in [0.1, 0.15) is 0 Å². The molecule has 1 heterocycles. The molecule has 18 heavy (non-hydrogen) atoms. The van der Waals surface area contributed by atoms with Crippen molar-refractivity contribution >= 4 is 5.91 Å². The van der Waals surface area contributed by atoms with E-state index in [9.17, 15) is 22.4 Å². The number of hydrogen-bond donors (Lipinski definition) is 1. The molecule has 1 aliphatic rings. The van der Waals surface area contributed by atoms with E-state index >= 15 is 0 Å². The molecule has 1 unspecified atom stereocenters. The van der Waals surface area contributed by atoms with Crippen LogP contribution < -0.4 is 5.32 Å². The molecule has 7 heteroatoms. The third kappa shape index (κ3) is 3.34. The zero-order chi connectivity index (χ0) is 13.8. The number of carbonyl (C=O) groups is 1. The number of halogens is 4. The molecule has 3 nitrogen and oxygen atoms in total. The van der Waals surface area contributed by atoms with Gasteiger partial charge < -0.3 is 10.2 Å². The van der Waals surface area contributed by atoms with Crippen LogP contribution in [0.3, 0.4) is 0 Å². The molecule has 0 saturated carbocycles. The van der Waals surface area contributed by atoms with Gasteiger partial charge >= 0.3 is 12.3 Å². The third-order valence-corrected chi connectivity index (χ3v) is 3.00. The number of carbonyl (C=O) groups excluding carboxylic acids is 1. The van der Waals surface area contributed by atoms with E-state index in [0.29, 0.717) is 19.4 Å². The highest BCUT2D eigenvalue weighted by Crippen LogP contribution is 2.27. The molecule has 0 spiro atoms. The lowest BCUT2D eigenvalue weighted by Crippen LogP contribution is -2.55. The van der Waals surface area contributed by atoms with Crippen LogP contribution in [0.25, 0.3) is 0 Å². The Morgan fingerprint density at radius 3 is 2.61 bits per heavy atom. The number of amides is 1. The van der Waals surface area contributed by atoms with Gasteiger partial charge in [0, 0.05) is 19.1 Å². The summed E-state index contributed by atoms with van der Waals surface area (Å²) in [6.07, 6.45) is -2.18. The maximum absolute atomic E-state index is 13.1. The Balaban J connectivity index is 2.80. The number of rotatable bonds is 5. The fourth-order valence-corrected chi connectivity index (χ4v) is 2.08. The molecule has 1 saturated heterocycles. The quantitative estimate of drug-likeness (QED) is 0.774. The average molecular weight is 270 g/mol. The normalized spacial score (nSPS) is 21.1. The molecule has 0 radical (unpaired) electrons. The van der Waals surface area contributed by atoms with Gasteiger partial charge in [0.25, 0.3) is 5.91 Å². The Morgan fingerprint density at radius 1 is 1.50 bits per heavy atom. The van der Waals surface area contributed by atoms with Crippen molar-refractivity contribution in [2.75, 3.05) is 19.6 Å². The van der Waals surface area contributed by atoms with Gasteiger partial charge in [-0.3, -0.25) is 4.79 Å². The van der Waals surface area contributed by atoms with Gasteiger partial charge in [0.05, 0.1) is 0 Å². The second-order valence-electron chi connectivity index (χ2n) is 4.42. The molecule has 1 atom stereocenters. The summed E-state index contributed by atoms with van der Waals surface area (Å²) in [5.41, 5.74) is 0. The molecule has 1 rings (SSSR count). The van der Waals surface area contributed by atoms with Gasteiger partial charge in [0.2, 0.25) is 0 Å². The minimum atomic E-state index is -4.59. The third-order valence-electron chi connectivity index (χ3n) is 3.00. The summed E-state index contributed by atoms with van der Waals surface area (Å²) in [6.45, 7) is 2.94. The number of alkyl halides is 4. The lowest BCUT2D eigenvalue weighted by molar-refractivity contribution is -0.183. The highest BCUT2D eigenvalue weighted by atomic mass is 19.3. The van der Waals surface area contributed by atoms with E-state index in [2.05, 4.69) is 5.32 Å². The standard InChI is InChI=1S/C11H18F4N2O/c1-2-6-17(8-4-3-5-16-7-8)10(18)11(14,15)9(12)13/h8-9,16H,2-7H2,1H3. The smallest absolute Gasteiger partial charge is 0.333 e. The molecule has 106 valence electrons. The first kappa shape index (κ1) is 15.2. The Morgan fingerprint density at radius 2 is 2.17 bits per heavy atom. The maximum Gasteiger partial charge on any atom is 0.383 e. The molecule has 0 aromatic heterocycles. The Labute approximate surface area is 104 Å². The molecule has 1 fully saturated rings. The molecule has 0 bridgehead atoms. The highest BCUT2D eigenvalue weighted by molar-refractivity contribution is 5.84. The minimum absolute atomic E-state index is 0.0769. The summed E-state index contributed by atoms with van der Waals surface area (Å²) in [4.78, 5) is 12.5. The van der Waals surface area contributed by atoms with Gasteiger partial charge in [-0.15, -0.1) is 0 Å². The second kappa shape index (κ2) is 6.36. The van der Waals surface area contributed by atoms with Crippen molar-refractivity contribution < 1.29 is 22.4 Å². The van der Waals surface area contributed by atoms with E-state index < -0.39 is 24.3 Å². The largest absolute Gasteiger partial charge is 0.383 e. The summed E-state index contributed by atoms with van der Waals surface area (Å²) < 4.78 is 50.6. The molecule has 0 aromatic rings. The molecular formula is C11H18F4N2O. The van der Waals surface area contributed by atoms with E-state index in [1.165, 1.54) is 0 Å². The lowest BCUT2D eigenvalue weighted by Gasteiger charge is -2.36. The average Bonchev–Trinajstić information content (AvgIpc) is 2.36. The van der Waals surface area contributed by atoms with Crippen molar-refractivity contribution in [1.29, 1.82) is 0 Å². The van der Waals surface area contributed by atoms with E-state index in [1.807, 2.05) is 0 Å². The van der Waals surface area contributed by atoms with E-state index in [4.69, 9.17) is 0 Å². The summed E-state index contributed by atoms with van der Waals surface area (Å²) in [5, 5.41) is 2.98. The maximum atomic E-state index is 13.1. The van der Waals surface area contributed by atoms with Gasteiger partial charge in [0.15, 0.2) is 0 Å². The monoisotopic (exact) mass is 270 g/mol. The van der Waals surface area contributed by atoms with E-state index in [-0.39, 0.29) is 6.54 Å². The van der Waals surface area contributed by atoms with Crippen LogP contribution in [-0.2, 0) is 4.79 Å². The summed E-state index contributed by atoms with van der Waals surface area (Å²) in [6, 6.07) is -0.421. The minimum Gasteiger partial charge on any atom is -0.333 e. The summed E-state index contributed by atoms with van der Waals surface area (Å²) in [5.74, 6) is -6.35. The van der Waals surface area contributed by atoms with Crippen LogP contribution in [0.4, 0.5) is 17.6 Å². The van der Waals surface area contributed by atoms with Crippen LogP contribution in [0.1, 0.15) is 26.2 Å². The van der Waals surface area contributed by atoms with Crippen molar-refractivity contribution in [3.63, 3.8) is 0 Å². The topological polar surface area (TPSA) is 32.3 Å². The highest BCUT2D eigenvalue weighted by Gasteiger charge is 2.52. The number of hydrogen-bond acceptors (Lipinski definition) is 2. The molecule has 0 aliphatic carbocycles. The predicted molar refractivity (Wildman–Crippen MR) is 58.8 cm³/mol. The van der Waals surface area contributed by atoms with E-state index in [1.54, 1.807) is 6.92 Å². The number of piperidine rings is 1. The van der Waals surface area contributed by atoms with E-state index in [0.717, 1.165) is 17.9 Å². The predicted octanol–water partition coefficient (Wildman–Crippen LogP) is 1.88. The van der Waals surface area contributed by atoms with Crippen LogP contribution in [0.2, 0.25) is 0 Å². The van der Waals surface area contributed by atoms with Crippen LogP contribution >= 0.6 is 0 Å². The number of nitrogens with one attached hydrogen (secondary N) is 1. The lowest BCUT2D eigenvalue weighted by atomic mass is 10.0. The van der Waals surface area contributed by atoms with Crippen molar-refractivity contribution in [3.8, 4) is 0 Å². The van der Waals surface area contributed by atoms with Crippen molar-refractivity contribution in [3.05, 3.63) is 0 Å². The van der Waals surface area contributed by atoms with Crippen molar-refractivity contribution in [1.82, 2.24) is 10.2 Å². The summed E-state index contributed by atoms with van der Waals surface area (Å²) >= 11 is 0. The molecule has 0 aromatic carbocycles. The van der Waals surface area contributed by atoms with Crippen LogP contribution in [0, 0.1) is 0 Å². The van der Waals surface area contributed by atoms with Gasteiger partial charge in [-0.05, 0) is 25.8 Å². The second-order valence-corrected chi connectivity index (χ2v) is 4.42. The van der Waals surface area contributed by atoms with Gasteiger partial charge in [-0.1, -0.05) is 6.92 Å². The number of nitrogens with zero attached hydrogens (tertiary/aromatic N) is 1. The fraction of sp³-hybridized carbons (Fsp3) is 0.909. The Hall–Kier alpha value is -0.850. The molecule has 1 N–H and O–H groups in total. The van der Waals surface area contributed by atoms with Gasteiger partial charge in [-0.25, -0.2) is 8.78 Å². The fourth-order valence-electron chi connectivity index (χ4n) is 2.08. The Kier molecular flexibility index (Phi) is 5.37. The molecule has 1 aliphatic heterocycles. The molecular weight excluding hydrogens is 252 g/mol. The van der Waals surface area contributed by atoms with Crippen LogP contribution in [0.15, 0.2) is 0 Å². The SMILES string of the molecule is CCCN(C(=O)C(F)(F)C(F)F)C1CCCNC1. The zero-order valence-corrected chi connectivity index (χ0v) is 10.3. The van der Waals surface area contributed by atoms with Crippen molar-refractivity contribution in [2.24, 2.45) is 0 Å². The van der Waals surface area contributed by atoms with Gasteiger partial charge in [-0.2, -0.15) is 8.78 Å². The summed E-state index contributed by atoms with van der Waals surface area (Å²) in [7, 11) is 0. The van der Waals surface area contributed by atoms with Crippen LogP contribution in [0.5, 0.6) is 0 Å². The first-order valence-corrected chi connectivity index (χ1v) is 6.09. The van der Waals surface area contributed by atoms with Crippen LogP contribution in [-0.4, -0.2) is 48.8 Å². The van der Waals surface area contributed by atoms with Crippen molar-refractivity contribution in [2.45, 2.75) is 44.6 Å². The first-order chi connectivity index (χ1) is 8.41. The Bertz CT molecular complexity index is 280. The zero-order valence-electron chi connectivity index (χ0n) is 10.3. The molecule has 1 amide bonds.